The number of esters is 1. The Balaban J connectivity index is 3.49. The van der Waals surface area contributed by atoms with Crippen molar-refractivity contribution in [3.8, 4) is 0 Å². The van der Waals surface area contributed by atoms with E-state index in [0.717, 1.165) is 0 Å². The molecule has 0 saturated carbocycles. The van der Waals surface area contributed by atoms with E-state index in [1.807, 2.05) is 0 Å². The highest BCUT2D eigenvalue weighted by molar-refractivity contribution is 6.35. The summed E-state index contributed by atoms with van der Waals surface area (Å²) in [6.07, 6.45) is 0. The van der Waals surface area contributed by atoms with Gasteiger partial charge in [-0.25, -0.2) is 4.79 Å². The number of rotatable bonds is 2. The smallest absolute Gasteiger partial charge is 0.370 e. The van der Waals surface area contributed by atoms with Gasteiger partial charge in [-0.1, -0.05) is 0 Å². The molecule has 0 aliphatic rings. The summed E-state index contributed by atoms with van der Waals surface area (Å²) in [6, 6.07) is 0. The third-order valence-corrected chi connectivity index (χ3v) is 0.503. The molecule has 0 saturated heterocycles. The molecule has 0 radical (unpaired) electrons. The largest absolute Gasteiger partial charge is 0.524 e. The SMILES string of the molecule is [CH2+]C(=O)C(=O)OCC. The van der Waals surface area contributed by atoms with Gasteiger partial charge in [0, 0.05) is 0 Å². The van der Waals surface area contributed by atoms with Crippen molar-refractivity contribution in [3.63, 3.8) is 0 Å². The van der Waals surface area contributed by atoms with Gasteiger partial charge in [0.1, 0.15) is 6.61 Å². The fourth-order valence-electron chi connectivity index (χ4n) is 0.212. The van der Waals surface area contributed by atoms with E-state index in [-0.39, 0.29) is 6.61 Å². The molecule has 0 amide bonds. The van der Waals surface area contributed by atoms with Crippen LogP contribution >= 0.6 is 0 Å². The Bertz CT molecular complexity index is 106. The summed E-state index contributed by atoms with van der Waals surface area (Å²) in [5.41, 5.74) is 0. The monoisotopic (exact) mass is 115 g/mol. The first kappa shape index (κ1) is 7.01. The lowest BCUT2D eigenvalue weighted by molar-refractivity contribution is -0.151. The van der Waals surface area contributed by atoms with Gasteiger partial charge in [-0.05, 0) is 6.92 Å². The van der Waals surface area contributed by atoms with Crippen molar-refractivity contribution in [2.45, 2.75) is 6.92 Å². The maximum absolute atomic E-state index is 10.1. The summed E-state index contributed by atoms with van der Waals surface area (Å²) < 4.78 is 4.25. The van der Waals surface area contributed by atoms with Crippen LogP contribution in [0.3, 0.4) is 0 Å². The van der Waals surface area contributed by atoms with Gasteiger partial charge >= 0.3 is 11.8 Å². The highest BCUT2D eigenvalue weighted by Crippen LogP contribution is 1.76. The first-order valence-electron chi connectivity index (χ1n) is 2.21. The Morgan fingerprint density at radius 3 is 2.25 bits per heavy atom. The molecular weight excluding hydrogens is 108 g/mol. The van der Waals surface area contributed by atoms with Gasteiger partial charge in [0.2, 0.25) is 0 Å². The number of hydrogen-bond donors (Lipinski definition) is 0. The average molecular weight is 115 g/mol. The van der Waals surface area contributed by atoms with Crippen LogP contribution in [0.15, 0.2) is 0 Å². The summed E-state index contributed by atoms with van der Waals surface area (Å²) in [5, 5.41) is 0. The van der Waals surface area contributed by atoms with Gasteiger partial charge in [-0.15, -0.1) is 4.79 Å². The van der Waals surface area contributed by atoms with Crippen LogP contribution in [-0.2, 0) is 14.3 Å². The van der Waals surface area contributed by atoms with Crippen LogP contribution < -0.4 is 0 Å². The van der Waals surface area contributed by atoms with Gasteiger partial charge in [0.15, 0.2) is 0 Å². The Kier molecular flexibility index (Phi) is 2.69. The first-order chi connectivity index (χ1) is 3.68. The predicted molar refractivity (Wildman–Crippen MR) is 27.0 cm³/mol. The van der Waals surface area contributed by atoms with E-state index in [2.05, 4.69) is 11.7 Å². The second-order valence-electron chi connectivity index (χ2n) is 1.14. The van der Waals surface area contributed by atoms with Gasteiger partial charge in [0.25, 0.3) is 0 Å². The number of hydrogen-bond acceptors (Lipinski definition) is 3. The molecule has 0 aliphatic carbocycles. The van der Waals surface area contributed by atoms with Crippen LogP contribution in [-0.4, -0.2) is 18.4 Å². The third kappa shape index (κ3) is 2.23. The molecule has 0 unspecified atom stereocenters. The molecular formula is C5H7O3+. The minimum Gasteiger partial charge on any atom is -0.370 e. The maximum Gasteiger partial charge on any atom is 0.524 e. The van der Waals surface area contributed by atoms with E-state index in [0.29, 0.717) is 0 Å². The van der Waals surface area contributed by atoms with Crippen molar-refractivity contribution in [1.29, 1.82) is 0 Å². The highest BCUT2D eigenvalue weighted by atomic mass is 16.5. The molecule has 0 rings (SSSR count). The molecule has 0 aromatic heterocycles. The van der Waals surface area contributed by atoms with E-state index in [4.69, 9.17) is 0 Å². The Morgan fingerprint density at radius 2 is 2.12 bits per heavy atom. The first-order valence-corrected chi connectivity index (χ1v) is 2.21. The molecule has 3 nitrogen and oxygen atoms in total. The van der Waals surface area contributed by atoms with Crippen molar-refractivity contribution in [2.75, 3.05) is 6.61 Å². The van der Waals surface area contributed by atoms with Crippen molar-refractivity contribution in [3.05, 3.63) is 6.92 Å². The highest BCUT2D eigenvalue weighted by Gasteiger charge is 2.18. The molecule has 3 heteroatoms. The van der Waals surface area contributed by atoms with Crippen LogP contribution in [0.4, 0.5) is 0 Å². The second kappa shape index (κ2) is 3.07. The number of carbonyl (C=O) groups excluding carboxylic acids is 2. The summed E-state index contributed by atoms with van der Waals surface area (Å²) >= 11 is 0. The van der Waals surface area contributed by atoms with E-state index in [1.54, 1.807) is 6.92 Å². The van der Waals surface area contributed by atoms with Gasteiger partial charge in [-0.3, -0.25) is 0 Å². The zero-order valence-corrected chi connectivity index (χ0v) is 4.64. The Hall–Kier alpha value is -0.990. The minimum absolute atomic E-state index is 0.222. The van der Waals surface area contributed by atoms with Crippen LogP contribution in [0.2, 0.25) is 0 Å². The molecule has 0 heterocycles. The zero-order valence-electron chi connectivity index (χ0n) is 4.64. The predicted octanol–water partition coefficient (Wildman–Crippen LogP) is -0.0473. The standard InChI is InChI=1S/C5H7O3/c1-3-8-5(7)4(2)6/h2-3H2,1H3/q+1. The molecule has 0 bridgehead atoms. The van der Waals surface area contributed by atoms with E-state index in [1.165, 1.54) is 0 Å². The van der Waals surface area contributed by atoms with Crippen molar-refractivity contribution >= 4 is 11.8 Å². The van der Waals surface area contributed by atoms with Gasteiger partial charge in [-0.2, -0.15) is 0 Å². The van der Waals surface area contributed by atoms with E-state index >= 15 is 0 Å². The topological polar surface area (TPSA) is 43.4 Å². The molecule has 0 fully saturated rings. The van der Waals surface area contributed by atoms with Gasteiger partial charge in [0.05, 0.1) is 6.92 Å². The lowest BCUT2D eigenvalue weighted by Crippen LogP contribution is -2.13. The Morgan fingerprint density at radius 1 is 1.62 bits per heavy atom. The molecule has 8 heavy (non-hydrogen) atoms. The molecule has 0 aromatic rings. The van der Waals surface area contributed by atoms with Crippen LogP contribution in [0.5, 0.6) is 0 Å². The maximum atomic E-state index is 10.1. The van der Waals surface area contributed by atoms with Crippen molar-refractivity contribution in [2.24, 2.45) is 0 Å². The number of Topliss-reactive ketones (excluding diaryl/α,β-unsaturated/α-hetero) is 1. The normalized spacial score (nSPS) is 8.12. The zero-order chi connectivity index (χ0) is 6.57. The fourth-order valence-corrected chi connectivity index (χ4v) is 0.212. The minimum atomic E-state index is -0.868. The van der Waals surface area contributed by atoms with Crippen LogP contribution in [0.25, 0.3) is 0 Å². The molecule has 0 atom stereocenters. The lowest BCUT2D eigenvalue weighted by atomic mass is 10.5. The quantitative estimate of drug-likeness (QED) is 0.288. The summed E-state index contributed by atoms with van der Waals surface area (Å²) in [6.45, 7) is 4.69. The molecule has 44 valence electrons. The van der Waals surface area contributed by atoms with E-state index in [9.17, 15) is 9.59 Å². The molecule has 0 aromatic carbocycles. The third-order valence-electron chi connectivity index (χ3n) is 0.503. The van der Waals surface area contributed by atoms with Crippen LogP contribution in [0, 0.1) is 6.92 Å². The number of ketones is 1. The summed E-state index contributed by atoms with van der Waals surface area (Å²) in [7, 11) is 0. The van der Waals surface area contributed by atoms with Gasteiger partial charge < -0.3 is 4.74 Å². The Labute approximate surface area is 47.6 Å². The summed E-state index contributed by atoms with van der Waals surface area (Å²) in [5.74, 6) is -1.67. The second-order valence-corrected chi connectivity index (χ2v) is 1.14. The summed E-state index contributed by atoms with van der Waals surface area (Å²) in [4.78, 5) is 20.1. The lowest BCUT2D eigenvalue weighted by Gasteiger charge is -1.83. The molecule has 0 N–H and O–H groups in total. The molecule has 0 aliphatic heterocycles. The van der Waals surface area contributed by atoms with Crippen LogP contribution in [0.1, 0.15) is 6.92 Å². The van der Waals surface area contributed by atoms with E-state index < -0.39 is 11.8 Å². The number of ether oxygens (including phenoxy) is 1. The van der Waals surface area contributed by atoms with Crippen molar-refractivity contribution in [1.82, 2.24) is 0 Å². The molecule has 0 spiro atoms. The average Bonchev–Trinajstić information content (AvgIpc) is 1.67. The number of carbonyl (C=O) groups is 2. The van der Waals surface area contributed by atoms with Crippen molar-refractivity contribution < 1.29 is 14.3 Å². The fraction of sp³-hybridized carbons (Fsp3) is 0.400.